The fourth-order valence-corrected chi connectivity index (χ4v) is 5.24. The van der Waals surface area contributed by atoms with E-state index in [-0.39, 0.29) is 11.2 Å². The van der Waals surface area contributed by atoms with Crippen LogP contribution in [-0.4, -0.2) is 45.2 Å². The van der Waals surface area contributed by atoms with Crippen molar-refractivity contribution in [1.29, 1.82) is 0 Å². The van der Waals surface area contributed by atoms with Gasteiger partial charge in [-0.2, -0.15) is 0 Å². The summed E-state index contributed by atoms with van der Waals surface area (Å²) in [6.45, 7) is 12.4. The van der Waals surface area contributed by atoms with E-state index in [1.54, 1.807) is 0 Å². The molecule has 3 aromatic rings. The third-order valence-electron chi connectivity index (χ3n) is 5.91. The number of amides is 1. The first-order valence-electron chi connectivity index (χ1n) is 12.3. The second-order valence-electron chi connectivity index (χ2n) is 8.82. The highest BCUT2D eigenvalue weighted by Crippen LogP contribution is 2.29. The molecule has 1 heterocycles. The van der Waals surface area contributed by atoms with Crippen LogP contribution in [0.3, 0.4) is 0 Å². The smallest absolute Gasteiger partial charge is 0.237 e. The molecule has 1 unspecified atom stereocenters. The van der Waals surface area contributed by atoms with Crippen LogP contribution in [-0.2, 0) is 11.3 Å². The van der Waals surface area contributed by atoms with Gasteiger partial charge in [0.05, 0.1) is 27.0 Å². The van der Waals surface area contributed by atoms with Crippen molar-refractivity contribution in [3.8, 4) is 0 Å². The molecule has 184 valence electrons. The first kappa shape index (κ1) is 26.6. The van der Waals surface area contributed by atoms with Crippen LogP contribution < -0.4 is 5.32 Å². The first-order chi connectivity index (χ1) is 16.4. The lowest BCUT2D eigenvalue weighted by Gasteiger charge is -2.22. The van der Waals surface area contributed by atoms with Crippen LogP contribution in [0.5, 0.6) is 0 Å². The van der Waals surface area contributed by atoms with Crippen molar-refractivity contribution >= 4 is 46.0 Å². The second-order valence-corrected chi connectivity index (χ2v) is 10.5. The number of aryl methyl sites for hydroxylation is 1. The van der Waals surface area contributed by atoms with E-state index < -0.39 is 0 Å². The van der Waals surface area contributed by atoms with Gasteiger partial charge in [0.25, 0.3) is 0 Å². The summed E-state index contributed by atoms with van der Waals surface area (Å²) in [5, 5.41) is 4.09. The van der Waals surface area contributed by atoms with Crippen LogP contribution in [0, 0.1) is 6.92 Å². The van der Waals surface area contributed by atoms with Gasteiger partial charge in [0.2, 0.25) is 5.91 Å². The van der Waals surface area contributed by atoms with E-state index in [2.05, 4.69) is 40.8 Å². The molecule has 0 spiro atoms. The Hall–Kier alpha value is -2.02. The molecule has 0 saturated heterocycles. The van der Waals surface area contributed by atoms with E-state index in [1.807, 2.05) is 44.2 Å². The monoisotopic (exact) mass is 500 g/mol. The number of hydrogen-bond acceptors (Lipinski definition) is 4. The predicted molar refractivity (Wildman–Crippen MR) is 146 cm³/mol. The van der Waals surface area contributed by atoms with Crippen LogP contribution in [0.4, 0.5) is 5.69 Å². The van der Waals surface area contributed by atoms with E-state index in [1.165, 1.54) is 31.0 Å². The van der Waals surface area contributed by atoms with E-state index >= 15 is 0 Å². The number of nitrogens with zero attached hydrogens (tertiary/aromatic N) is 3. The Kier molecular flexibility index (Phi) is 10.3. The van der Waals surface area contributed by atoms with Crippen molar-refractivity contribution in [2.75, 3.05) is 25.0 Å². The summed E-state index contributed by atoms with van der Waals surface area (Å²) in [6, 6.07) is 13.9. The number of hydrogen-bond donors (Lipinski definition) is 1. The summed E-state index contributed by atoms with van der Waals surface area (Å²) in [7, 11) is 0. The molecule has 1 amide bonds. The van der Waals surface area contributed by atoms with Crippen LogP contribution in [0.25, 0.3) is 11.0 Å². The van der Waals surface area contributed by atoms with Gasteiger partial charge in [-0.05, 0) is 69.6 Å². The lowest BCUT2D eigenvalue weighted by molar-refractivity contribution is -0.115. The number of para-hydroxylation sites is 2. The minimum Gasteiger partial charge on any atom is -0.324 e. The van der Waals surface area contributed by atoms with Crippen molar-refractivity contribution in [2.45, 2.75) is 70.3 Å². The number of anilines is 1. The van der Waals surface area contributed by atoms with Crippen molar-refractivity contribution in [3.63, 3.8) is 0 Å². The molecule has 3 rings (SSSR count). The molecular formula is C27H37ClN4OS. The quantitative estimate of drug-likeness (QED) is 0.202. The molecule has 1 aromatic heterocycles. The Morgan fingerprint density at radius 1 is 1.12 bits per heavy atom. The number of carbonyl (C=O) groups excluding carboxylic acids is 1. The van der Waals surface area contributed by atoms with Crippen molar-refractivity contribution in [1.82, 2.24) is 14.5 Å². The number of nitrogens with one attached hydrogen (secondary N) is 1. The molecule has 0 bridgehead atoms. The molecule has 0 fully saturated rings. The van der Waals surface area contributed by atoms with Gasteiger partial charge in [0, 0.05) is 13.1 Å². The Labute approximate surface area is 213 Å². The van der Waals surface area contributed by atoms with Crippen LogP contribution in [0.15, 0.2) is 47.6 Å². The summed E-state index contributed by atoms with van der Waals surface area (Å²) >= 11 is 7.81. The average Bonchev–Trinajstić information content (AvgIpc) is 3.16. The third-order valence-corrected chi connectivity index (χ3v) is 7.31. The van der Waals surface area contributed by atoms with Gasteiger partial charge in [-0.1, -0.05) is 68.3 Å². The molecule has 0 aliphatic heterocycles. The van der Waals surface area contributed by atoms with E-state index in [0.717, 1.165) is 54.4 Å². The average molecular weight is 501 g/mol. The van der Waals surface area contributed by atoms with Crippen molar-refractivity contribution in [2.24, 2.45) is 0 Å². The number of unbranched alkanes of at least 4 members (excludes halogenated alkanes) is 2. The van der Waals surface area contributed by atoms with Gasteiger partial charge >= 0.3 is 0 Å². The molecule has 0 aliphatic rings. The number of rotatable bonds is 13. The van der Waals surface area contributed by atoms with Gasteiger partial charge in [0.15, 0.2) is 5.16 Å². The fraction of sp³-hybridized carbons (Fsp3) is 0.481. The van der Waals surface area contributed by atoms with Gasteiger partial charge in [-0.25, -0.2) is 4.98 Å². The highest BCUT2D eigenvalue weighted by Gasteiger charge is 2.20. The van der Waals surface area contributed by atoms with Gasteiger partial charge in [-0.15, -0.1) is 0 Å². The van der Waals surface area contributed by atoms with E-state index in [9.17, 15) is 4.79 Å². The number of benzene rings is 2. The minimum absolute atomic E-state index is 0.0819. The standard InChI is InChI=1S/C27H37ClN4OS/c1-5-7-10-16-31(15-6-2)17-18-32-25-12-9-8-11-24(25)30-27(32)34-21(4)26(33)29-23-14-13-20(3)19-22(23)28/h8-9,11-14,19,21H,5-7,10,15-18H2,1-4H3,(H,29,33). The molecule has 1 N–H and O–H groups in total. The van der Waals surface area contributed by atoms with Gasteiger partial charge in [0.1, 0.15) is 0 Å². The Morgan fingerprint density at radius 2 is 1.91 bits per heavy atom. The maximum atomic E-state index is 12.9. The number of fused-ring (bicyclic) bond motifs is 1. The summed E-state index contributed by atoms with van der Waals surface area (Å²) in [5.41, 5.74) is 3.78. The Balaban J connectivity index is 1.73. The molecule has 0 aliphatic carbocycles. The number of aromatic nitrogens is 2. The van der Waals surface area contributed by atoms with Gasteiger partial charge in [-0.3, -0.25) is 4.79 Å². The first-order valence-corrected chi connectivity index (χ1v) is 13.6. The highest BCUT2D eigenvalue weighted by atomic mass is 35.5. The number of halogens is 1. The minimum atomic E-state index is -0.316. The number of imidazole rings is 1. The zero-order valence-corrected chi connectivity index (χ0v) is 22.4. The van der Waals surface area contributed by atoms with Crippen molar-refractivity contribution < 1.29 is 4.79 Å². The Bertz CT molecular complexity index is 1080. The summed E-state index contributed by atoms with van der Waals surface area (Å²) in [4.78, 5) is 20.4. The topological polar surface area (TPSA) is 50.2 Å². The van der Waals surface area contributed by atoms with E-state index in [4.69, 9.17) is 16.6 Å². The largest absolute Gasteiger partial charge is 0.324 e. The van der Waals surface area contributed by atoms with Crippen molar-refractivity contribution in [3.05, 3.63) is 53.1 Å². The molecule has 34 heavy (non-hydrogen) atoms. The fourth-order valence-electron chi connectivity index (χ4n) is 4.01. The van der Waals surface area contributed by atoms with Gasteiger partial charge < -0.3 is 14.8 Å². The predicted octanol–water partition coefficient (Wildman–Crippen LogP) is 7.02. The third kappa shape index (κ3) is 7.24. The van der Waals surface area contributed by atoms with Crippen LogP contribution in [0.1, 0.15) is 52.0 Å². The lowest BCUT2D eigenvalue weighted by Crippen LogP contribution is -2.30. The summed E-state index contributed by atoms with van der Waals surface area (Å²) in [6.07, 6.45) is 4.90. The molecule has 0 radical (unpaired) electrons. The number of thioether (sulfide) groups is 1. The maximum absolute atomic E-state index is 12.9. The normalized spacial score (nSPS) is 12.4. The molecule has 2 aromatic carbocycles. The summed E-state index contributed by atoms with van der Waals surface area (Å²) in [5.74, 6) is -0.0819. The molecule has 5 nitrogen and oxygen atoms in total. The lowest BCUT2D eigenvalue weighted by atomic mass is 10.2. The molecule has 0 saturated carbocycles. The number of carbonyl (C=O) groups is 1. The maximum Gasteiger partial charge on any atom is 0.237 e. The summed E-state index contributed by atoms with van der Waals surface area (Å²) < 4.78 is 2.27. The highest BCUT2D eigenvalue weighted by molar-refractivity contribution is 8.00. The SMILES string of the molecule is CCCCCN(CCC)CCn1c(SC(C)C(=O)Nc2ccc(C)cc2Cl)nc2ccccc21. The van der Waals surface area contributed by atoms with E-state index in [0.29, 0.717) is 10.7 Å². The van der Waals surface area contributed by atoms with Crippen LogP contribution >= 0.6 is 23.4 Å². The second kappa shape index (κ2) is 13.2. The molecular weight excluding hydrogens is 464 g/mol. The zero-order chi connectivity index (χ0) is 24.5. The molecule has 7 heteroatoms. The Morgan fingerprint density at radius 3 is 2.65 bits per heavy atom. The zero-order valence-electron chi connectivity index (χ0n) is 20.8. The van der Waals surface area contributed by atoms with Crippen LogP contribution in [0.2, 0.25) is 5.02 Å². The molecule has 1 atom stereocenters.